The van der Waals surface area contributed by atoms with E-state index in [4.69, 9.17) is 9.47 Å². The van der Waals surface area contributed by atoms with E-state index in [-0.39, 0.29) is 25.0 Å². The normalized spacial score (nSPS) is 17.6. The minimum absolute atomic E-state index is 0.0230. The lowest BCUT2D eigenvalue weighted by atomic mass is 9.81. The van der Waals surface area contributed by atoms with Crippen LogP contribution in [-0.2, 0) is 9.59 Å². The zero-order valence-electron chi connectivity index (χ0n) is 20.9. The number of hydrogen-bond donors (Lipinski definition) is 2. The molecule has 2 atom stereocenters. The molecule has 184 valence electrons. The molecule has 0 saturated heterocycles. The molecule has 0 bridgehead atoms. The number of benzene rings is 2. The van der Waals surface area contributed by atoms with Crippen molar-refractivity contribution >= 4 is 11.8 Å². The maximum absolute atomic E-state index is 12.2. The molecule has 2 N–H and O–H groups in total. The fraction of sp³-hybridized carbons (Fsp3) is 0.500. The Balaban J connectivity index is 1.32. The number of ether oxygens (including phenoxy) is 2. The summed E-state index contributed by atoms with van der Waals surface area (Å²) in [6, 6.07) is 11.7. The van der Waals surface area contributed by atoms with Gasteiger partial charge in [-0.2, -0.15) is 0 Å². The summed E-state index contributed by atoms with van der Waals surface area (Å²) in [5.41, 5.74) is 4.70. The van der Waals surface area contributed by atoms with Gasteiger partial charge in [0.25, 0.3) is 11.8 Å². The molecule has 6 nitrogen and oxygen atoms in total. The fourth-order valence-corrected chi connectivity index (χ4v) is 4.30. The molecule has 1 aliphatic carbocycles. The van der Waals surface area contributed by atoms with Gasteiger partial charge in [-0.1, -0.05) is 18.6 Å². The number of rotatable bonds is 10. The Kier molecular flexibility index (Phi) is 9.37. The van der Waals surface area contributed by atoms with E-state index in [9.17, 15) is 9.59 Å². The summed E-state index contributed by atoms with van der Waals surface area (Å²) >= 11 is 0. The summed E-state index contributed by atoms with van der Waals surface area (Å²) < 4.78 is 11.3. The van der Waals surface area contributed by atoms with Gasteiger partial charge in [-0.05, 0) is 105 Å². The second-order valence-corrected chi connectivity index (χ2v) is 9.58. The first-order valence-corrected chi connectivity index (χ1v) is 12.2. The maximum Gasteiger partial charge on any atom is 0.257 e. The fourth-order valence-electron chi connectivity index (χ4n) is 4.30. The van der Waals surface area contributed by atoms with Gasteiger partial charge < -0.3 is 20.1 Å². The van der Waals surface area contributed by atoms with E-state index in [0.29, 0.717) is 36.4 Å². The average molecular weight is 467 g/mol. The summed E-state index contributed by atoms with van der Waals surface area (Å²) in [6.07, 6.45) is 4.30. The summed E-state index contributed by atoms with van der Waals surface area (Å²) in [5.74, 6) is 2.08. The zero-order chi connectivity index (χ0) is 24.5. The molecule has 0 aromatic heterocycles. The smallest absolute Gasteiger partial charge is 0.257 e. The number of carbonyl (C=O) groups excluding carboxylic acids is 2. The van der Waals surface area contributed by atoms with Crippen molar-refractivity contribution in [2.45, 2.75) is 53.4 Å². The molecule has 2 aromatic rings. The topological polar surface area (TPSA) is 76.7 Å². The highest BCUT2D eigenvalue weighted by atomic mass is 16.5. The molecule has 6 heteroatoms. The van der Waals surface area contributed by atoms with Crippen LogP contribution in [0, 0.1) is 39.5 Å². The third-order valence-electron chi connectivity index (χ3n) is 6.76. The quantitative estimate of drug-likeness (QED) is 0.544. The number of amides is 2. The first-order valence-electron chi connectivity index (χ1n) is 12.2. The second kappa shape index (κ2) is 12.4. The number of nitrogens with one attached hydrogen (secondary N) is 2. The molecular weight excluding hydrogens is 428 g/mol. The highest BCUT2D eigenvalue weighted by molar-refractivity contribution is 5.77. The first-order chi connectivity index (χ1) is 16.3. The van der Waals surface area contributed by atoms with Gasteiger partial charge in [0, 0.05) is 13.1 Å². The van der Waals surface area contributed by atoms with Crippen LogP contribution in [0.2, 0.25) is 0 Å². The van der Waals surface area contributed by atoms with Gasteiger partial charge in [0.1, 0.15) is 11.5 Å². The summed E-state index contributed by atoms with van der Waals surface area (Å²) in [6.45, 7) is 9.50. The highest BCUT2D eigenvalue weighted by Gasteiger charge is 2.23. The van der Waals surface area contributed by atoms with Gasteiger partial charge in [0.15, 0.2) is 13.2 Å². The predicted octanol–water partition coefficient (Wildman–Crippen LogP) is 4.42. The van der Waals surface area contributed by atoms with Gasteiger partial charge in [0.2, 0.25) is 0 Å². The third kappa shape index (κ3) is 8.08. The van der Waals surface area contributed by atoms with Crippen LogP contribution in [0.4, 0.5) is 0 Å². The van der Waals surface area contributed by atoms with E-state index in [0.717, 1.165) is 36.8 Å². The van der Waals surface area contributed by atoms with Crippen LogP contribution < -0.4 is 20.1 Å². The monoisotopic (exact) mass is 466 g/mol. The van der Waals surface area contributed by atoms with Gasteiger partial charge >= 0.3 is 0 Å². The molecule has 0 spiro atoms. The second-order valence-electron chi connectivity index (χ2n) is 9.58. The Hall–Kier alpha value is -3.02. The molecule has 2 aromatic carbocycles. The van der Waals surface area contributed by atoms with Crippen molar-refractivity contribution in [3.05, 3.63) is 58.7 Å². The first kappa shape index (κ1) is 25.6. The van der Waals surface area contributed by atoms with E-state index in [1.54, 1.807) is 0 Å². The van der Waals surface area contributed by atoms with Crippen LogP contribution in [-0.4, -0.2) is 38.1 Å². The Morgan fingerprint density at radius 3 is 1.59 bits per heavy atom. The van der Waals surface area contributed by atoms with Crippen LogP contribution in [0.15, 0.2) is 36.4 Å². The van der Waals surface area contributed by atoms with Crippen molar-refractivity contribution in [1.82, 2.24) is 10.6 Å². The van der Waals surface area contributed by atoms with Crippen LogP contribution >= 0.6 is 0 Å². The maximum atomic E-state index is 12.2. The molecule has 0 unspecified atom stereocenters. The molecule has 0 radical (unpaired) electrons. The van der Waals surface area contributed by atoms with Gasteiger partial charge in [-0.25, -0.2) is 0 Å². The molecule has 34 heavy (non-hydrogen) atoms. The summed E-state index contributed by atoms with van der Waals surface area (Å²) in [5, 5.41) is 6.02. The van der Waals surface area contributed by atoms with Crippen LogP contribution in [0.25, 0.3) is 0 Å². The van der Waals surface area contributed by atoms with Crippen LogP contribution in [0.3, 0.4) is 0 Å². The number of aryl methyl sites for hydroxylation is 4. The average Bonchev–Trinajstić information content (AvgIpc) is 2.83. The SMILES string of the molecule is Cc1ccc(OCC(=O)NC[C@H]2CCC[C@@H](CNC(=O)COc3ccc(C)c(C)c3)C2)cc1C. The van der Waals surface area contributed by atoms with Gasteiger partial charge in [-0.15, -0.1) is 0 Å². The summed E-state index contributed by atoms with van der Waals surface area (Å²) in [7, 11) is 0. The standard InChI is InChI=1S/C28H38N2O4/c1-19-8-10-25(12-21(19)3)33-17-27(31)29-15-23-6-5-7-24(14-23)16-30-28(32)18-34-26-11-9-20(2)22(4)13-26/h8-13,23-24H,5-7,14-18H2,1-4H3,(H,29,31)(H,30,32)/t23-,24+. The Morgan fingerprint density at radius 1 is 0.735 bits per heavy atom. The largest absolute Gasteiger partial charge is 0.484 e. The van der Waals surface area contributed by atoms with E-state index >= 15 is 0 Å². The predicted molar refractivity (Wildman–Crippen MR) is 134 cm³/mol. The van der Waals surface area contributed by atoms with Crippen molar-refractivity contribution in [3.8, 4) is 11.5 Å². The van der Waals surface area contributed by atoms with E-state index < -0.39 is 0 Å². The van der Waals surface area contributed by atoms with E-state index in [1.807, 2.05) is 50.2 Å². The molecule has 3 rings (SSSR count). The number of hydrogen-bond acceptors (Lipinski definition) is 4. The molecule has 0 heterocycles. The van der Waals surface area contributed by atoms with Crippen molar-refractivity contribution in [2.24, 2.45) is 11.8 Å². The highest BCUT2D eigenvalue weighted by Crippen LogP contribution is 2.28. The van der Waals surface area contributed by atoms with E-state index in [2.05, 4.69) is 24.5 Å². The van der Waals surface area contributed by atoms with Crippen molar-refractivity contribution in [1.29, 1.82) is 0 Å². The molecule has 1 saturated carbocycles. The molecule has 0 aliphatic heterocycles. The minimum atomic E-state index is -0.0999. The van der Waals surface area contributed by atoms with Crippen molar-refractivity contribution < 1.29 is 19.1 Å². The molecular formula is C28H38N2O4. The molecule has 1 fully saturated rings. The Labute approximate surface area is 203 Å². The number of carbonyl (C=O) groups is 2. The Morgan fingerprint density at radius 2 is 1.18 bits per heavy atom. The summed E-state index contributed by atoms with van der Waals surface area (Å²) in [4.78, 5) is 24.5. The molecule has 2 amide bonds. The lowest BCUT2D eigenvalue weighted by Crippen LogP contribution is -2.38. The van der Waals surface area contributed by atoms with E-state index in [1.165, 1.54) is 11.1 Å². The lowest BCUT2D eigenvalue weighted by molar-refractivity contribution is -0.123. The zero-order valence-corrected chi connectivity index (χ0v) is 20.9. The van der Waals surface area contributed by atoms with Gasteiger partial charge in [-0.3, -0.25) is 9.59 Å². The van der Waals surface area contributed by atoms with Crippen LogP contribution in [0.5, 0.6) is 11.5 Å². The lowest BCUT2D eigenvalue weighted by Gasteiger charge is -2.29. The Bertz CT molecular complexity index is 911. The molecule has 1 aliphatic rings. The van der Waals surface area contributed by atoms with Crippen molar-refractivity contribution in [2.75, 3.05) is 26.3 Å². The minimum Gasteiger partial charge on any atom is -0.484 e. The van der Waals surface area contributed by atoms with Crippen LogP contribution in [0.1, 0.15) is 47.9 Å². The third-order valence-corrected chi connectivity index (χ3v) is 6.76. The van der Waals surface area contributed by atoms with Crippen molar-refractivity contribution in [3.63, 3.8) is 0 Å². The van der Waals surface area contributed by atoms with Gasteiger partial charge in [0.05, 0.1) is 0 Å².